The summed E-state index contributed by atoms with van der Waals surface area (Å²) in [4.78, 5) is 2.78. The third-order valence-electron chi connectivity index (χ3n) is 6.96. The summed E-state index contributed by atoms with van der Waals surface area (Å²) in [5.41, 5.74) is 1.25. The fraction of sp³-hybridized carbons (Fsp3) is 0.739. The molecular weight excluding hydrogens is 338 g/mol. The Morgan fingerprint density at radius 3 is 2.59 bits per heavy atom. The maximum Gasteiger partial charge on any atom is 0.160 e. The van der Waals surface area contributed by atoms with Crippen molar-refractivity contribution in [3.05, 3.63) is 23.8 Å². The number of rotatable bonds is 7. The topological polar surface area (TPSA) is 30.9 Å². The molecule has 1 heterocycles. The third-order valence-corrected chi connectivity index (χ3v) is 6.96. The summed E-state index contributed by atoms with van der Waals surface area (Å²) >= 11 is 0. The highest BCUT2D eigenvalue weighted by atomic mass is 16.5. The van der Waals surface area contributed by atoms with Crippen molar-refractivity contribution >= 4 is 0 Å². The van der Waals surface area contributed by atoms with Gasteiger partial charge in [0, 0.05) is 18.5 Å². The van der Waals surface area contributed by atoms with Crippen LogP contribution in [0, 0.1) is 17.8 Å². The van der Waals surface area contributed by atoms with E-state index in [9.17, 15) is 0 Å². The highest BCUT2D eigenvalue weighted by molar-refractivity contribution is 5.42. The fourth-order valence-corrected chi connectivity index (χ4v) is 5.43. The van der Waals surface area contributed by atoms with Gasteiger partial charge in [0.25, 0.3) is 0 Å². The summed E-state index contributed by atoms with van der Waals surface area (Å²) in [6.45, 7) is 5.80. The van der Waals surface area contributed by atoms with Gasteiger partial charge in [-0.1, -0.05) is 25.8 Å². The predicted octanol–water partition coefficient (Wildman–Crippen LogP) is 4.16. The van der Waals surface area contributed by atoms with Gasteiger partial charge in [0.1, 0.15) is 0 Å². The van der Waals surface area contributed by atoms with Crippen molar-refractivity contribution < 1.29 is 14.2 Å². The second kappa shape index (κ2) is 8.40. The number of hydrogen-bond donors (Lipinski definition) is 0. The van der Waals surface area contributed by atoms with Crippen LogP contribution >= 0.6 is 0 Å². The number of nitrogens with zero attached hydrogens (tertiary/aromatic N) is 1. The molecule has 1 aliphatic heterocycles. The Morgan fingerprint density at radius 2 is 1.85 bits per heavy atom. The summed E-state index contributed by atoms with van der Waals surface area (Å²) in [5.74, 6) is 4.04. The lowest BCUT2D eigenvalue weighted by molar-refractivity contribution is 0.0836. The van der Waals surface area contributed by atoms with Gasteiger partial charge in [-0.2, -0.15) is 0 Å². The van der Waals surface area contributed by atoms with Gasteiger partial charge in [0.05, 0.1) is 26.9 Å². The molecule has 0 radical (unpaired) electrons. The molecule has 0 bridgehead atoms. The van der Waals surface area contributed by atoms with Crippen LogP contribution in [0.1, 0.15) is 44.6 Å². The first-order valence-electron chi connectivity index (χ1n) is 10.8. The average molecular weight is 374 g/mol. The maximum absolute atomic E-state index is 6.41. The van der Waals surface area contributed by atoms with Crippen LogP contribution in [0.4, 0.5) is 0 Å². The van der Waals surface area contributed by atoms with Crippen molar-refractivity contribution in [1.82, 2.24) is 4.90 Å². The lowest BCUT2D eigenvalue weighted by Crippen LogP contribution is -2.36. The van der Waals surface area contributed by atoms with E-state index in [4.69, 9.17) is 14.2 Å². The molecule has 2 saturated carbocycles. The van der Waals surface area contributed by atoms with Crippen molar-refractivity contribution in [1.29, 1.82) is 0 Å². The van der Waals surface area contributed by atoms with E-state index in [2.05, 4.69) is 24.0 Å². The van der Waals surface area contributed by atoms with Gasteiger partial charge in [-0.15, -0.1) is 0 Å². The van der Waals surface area contributed by atoms with Crippen molar-refractivity contribution in [2.24, 2.45) is 17.8 Å². The van der Waals surface area contributed by atoms with E-state index in [1.54, 1.807) is 14.2 Å². The Kier molecular flexibility index (Phi) is 5.93. The molecule has 4 nitrogen and oxygen atoms in total. The Balaban J connectivity index is 1.31. The van der Waals surface area contributed by atoms with Crippen LogP contribution in [-0.2, 0) is 11.2 Å². The Labute approximate surface area is 164 Å². The minimum Gasteiger partial charge on any atom is -0.493 e. The zero-order valence-electron chi connectivity index (χ0n) is 17.2. The van der Waals surface area contributed by atoms with Gasteiger partial charge in [-0.25, -0.2) is 0 Å². The van der Waals surface area contributed by atoms with Crippen LogP contribution < -0.4 is 9.47 Å². The second-order valence-electron chi connectivity index (χ2n) is 8.76. The molecule has 150 valence electrons. The zero-order chi connectivity index (χ0) is 18.8. The molecule has 1 aromatic rings. The van der Waals surface area contributed by atoms with E-state index in [0.717, 1.165) is 48.3 Å². The number of ether oxygens (including phenoxy) is 3. The first kappa shape index (κ1) is 19.1. The van der Waals surface area contributed by atoms with Crippen molar-refractivity contribution in [2.75, 3.05) is 33.9 Å². The molecule has 0 N–H and O–H groups in total. The lowest BCUT2D eigenvalue weighted by Gasteiger charge is -2.28. The summed E-state index contributed by atoms with van der Waals surface area (Å²) in [5, 5.41) is 0. The average Bonchev–Trinajstić information content (AvgIpc) is 3.26. The van der Waals surface area contributed by atoms with E-state index in [0.29, 0.717) is 6.10 Å². The van der Waals surface area contributed by atoms with Crippen LogP contribution in [0.3, 0.4) is 0 Å². The van der Waals surface area contributed by atoms with Crippen LogP contribution in [0.2, 0.25) is 0 Å². The van der Waals surface area contributed by atoms with Gasteiger partial charge in [-0.3, -0.25) is 4.90 Å². The molecule has 4 rings (SSSR count). The zero-order valence-corrected chi connectivity index (χ0v) is 17.2. The Bertz CT molecular complexity index is 634. The van der Waals surface area contributed by atoms with Gasteiger partial charge < -0.3 is 14.2 Å². The summed E-state index contributed by atoms with van der Waals surface area (Å²) < 4.78 is 17.2. The largest absolute Gasteiger partial charge is 0.493 e. The van der Waals surface area contributed by atoms with Crippen LogP contribution in [0.5, 0.6) is 11.5 Å². The smallest absolute Gasteiger partial charge is 0.160 e. The van der Waals surface area contributed by atoms with Crippen molar-refractivity contribution in [3.63, 3.8) is 0 Å². The van der Waals surface area contributed by atoms with Crippen LogP contribution in [0.15, 0.2) is 18.2 Å². The summed E-state index contributed by atoms with van der Waals surface area (Å²) in [6.07, 6.45) is 8.33. The SMILES string of the molecule is COc1ccc(CCOC2[C@@H]3[C@@H]2CCCC[C@H]3N2CC[C@@H](C)C2)cc1OC. The van der Waals surface area contributed by atoms with E-state index in [-0.39, 0.29) is 0 Å². The second-order valence-corrected chi connectivity index (χ2v) is 8.76. The number of benzene rings is 1. The minimum atomic E-state index is 0.492. The highest BCUT2D eigenvalue weighted by Gasteiger charge is 2.56. The molecule has 1 saturated heterocycles. The quantitative estimate of drug-likeness (QED) is 0.718. The van der Waals surface area contributed by atoms with E-state index in [1.165, 1.54) is 50.8 Å². The molecule has 1 aromatic carbocycles. The third kappa shape index (κ3) is 4.12. The Hall–Kier alpha value is -1.26. The summed E-state index contributed by atoms with van der Waals surface area (Å²) in [6, 6.07) is 6.94. The molecule has 0 spiro atoms. The summed E-state index contributed by atoms with van der Waals surface area (Å²) in [7, 11) is 3.37. The molecule has 27 heavy (non-hydrogen) atoms. The van der Waals surface area contributed by atoms with Crippen LogP contribution in [0.25, 0.3) is 0 Å². The first-order chi connectivity index (χ1) is 13.2. The first-order valence-corrected chi connectivity index (χ1v) is 10.8. The van der Waals surface area contributed by atoms with Gasteiger partial charge in [-0.05, 0) is 61.8 Å². The molecule has 4 heteroatoms. The normalized spacial score (nSPS) is 33.4. The van der Waals surface area contributed by atoms with Gasteiger partial charge >= 0.3 is 0 Å². The highest BCUT2D eigenvalue weighted by Crippen LogP contribution is 2.52. The lowest BCUT2D eigenvalue weighted by atomic mass is 10.1. The molecule has 1 unspecified atom stereocenters. The molecule has 3 aliphatic rings. The standard InChI is InChI=1S/C23H35NO3/c1-16-10-12-24(15-16)19-7-5-4-6-18-22(19)23(18)27-13-11-17-8-9-20(25-2)21(14-17)26-3/h8-9,14,16,18-19,22-23H,4-7,10-13,15H2,1-3H3/t16-,18+,19-,22-,23?/m1/s1. The van der Waals surface area contributed by atoms with Crippen molar-refractivity contribution in [2.45, 2.75) is 57.6 Å². The van der Waals surface area contributed by atoms with Crippen LogP contribution in [-0.4, -0.2) is 51.0 Å². The van der Waals surface area contributed by atoms with Gasteiger partial charge in [0.15, 0.2) is 11.5 Å². The minimum absolute atomic E-state index is 0.492. The van der Waals surface area contributed by atoms with Crippen molar-refractivity contribution in [3.8, 4) is 11.5 Å². The van der Waals surface area contributed by atoms with E-state index < -0.39 is 0 Å². The van der Waals surface area contributed by atoms with E-state index >= 15 is 0 Å². The molecule has 0 aromatic heterocycles. The number of hydrogen-bond acceptors (Lipinski definition) is 4. The number of fused-ring (bicyclic) bond motifs is 1. The molecule has 0 amide bonds. The molecule has 5 atom stereocenters. The molecule has 3 fully saturated rings. The maximum atomic E-state index is 6.41. The number of likely N-dealkylation sites (tertiary alicyclic amines) is 1. The van der Waals surface area contributed by atoms with Gasteiger partial charge in [0.2, 0.25) is 0 Å². The molecule has 2 aliphatic carbocycles. The predicted molar refractivity (Wildman–Crippen MR) is 108 cm³/mol. The Morgan fingerprint density at radius 1 is 1.04 bits per heavy atom. The van der Waals surface area contributed by atoms with E-state index in [1.807, 2.05) is 6.07 Å². The monoisotopic (exact) mass is 373 g/mol. The fourth-order valence-electron chi connectivity index (χ4n) is 5.43. The molecular formula is C23H35NO3. The number of methoxy groups -OCH3 is 2.